The third kappa shape index (κ3) is 2.96. The Labute approximate surface area is 82.7 Å². The maximum absolute atomic E-state index is 3.50. The Hall–Kier alpha value is -0.0800. The molecule has 1 N–H and O–H groups in total. The third-order valence-corrected chi connectivity index (χ3v) is 3.23. The van der Waals surface area contributed by atoms with Gasteiger partial charge in [-0.15, -0.1) is 0 Å². The molecule has 1 rings (SSSR count). The average Bonchev–Trinajstić information content (AvgIpc) is 2.07. The van der Waals surface area contributed by atoms with Crippen LogP contribution in [0.5, 0.6) is 0 Å². The molecule has 1 aliphatic heterocycles. The summed E-state index contributed by atoms with van der Waals surface area (Å²) in [5.74, 6) is 1.63. The summed E-state index contributed by atoms with van der Waals surface area (Å²) in [6, 6.07) is 0. The molecule has 0 aromatic carbocycles. The largest absolute Gasteiger partial charge is 0.302 e. The minimum Gasteiger partial charge on any atom is -0.302 e. The first-order valence-electron chi connectivity index (χ1n) is 5.62. The highest BCUT2D eigenvalue weighted by molar-refractivity contribution is 4.81. The van der Waals surface area contributed by atoms with Gasteiger partial charge in [-0.2, -0.15) is 0 Å². The molecule has 0 aromatic heterocycles. The van der Waals surface area contributed by atoms with Gasteiger partial charge in [-0.25, -0.2) is 0 Å². The summed E-state index contributed by atoms with van der Waals surface area (Å²) in [5, 5.41) is 3.50. The van der Waals surface area contributed by atoms with Crippen LogP contribution in [0.25, 0.3) is 0 Å². The molecule has 2 unspecified atom stereocenters. The lowest BCUT2D eigenvalue weighted by atomic mass is 9.95. The number of nitrogens with zero attached hydrogens (tertiary/aromatic N) is 1. The van der Waals surface area contributed by atoms with Crippen LogP contribution in [0.2, 0.25) is 0 Å². The lowest BCUT2D eigenvalue weighted by Gasteiger charge is -2.43. The molecule has 0 aliphatic carbocycles. The predicted octanol–water partition coefficient (Wildman–Crippen LogP) is 1.92. The van der Waals surface area contributed by atoms with Crippen LogP contribution >= 0.6 is 0 Å². The number of likely N-dealkylation sites (tertiary alicyclic amines) is 1. The molecular formula is C11H24N2. The Morgan fingerprint density at radius 1 is 1.38 bits per heavy atom. The summed E-state index contributed by atoms with van der Waals surface area (Å²) in [6.07, 6.45) is 2.00. The molecule has 0 saturated carbocycles. The molecule has 0 spiro atoms. The molecule has 0 aromatic rings. The maximum atomic E-state index is 3.50. The van der Waals surface area contributed by atoms with Crippen molar-refractivity contribution in [2.24, 2.45) is 11.8 Å². The zero-order chi connectivity index (χ0) is 9.84. The first kappa shape index (κ1) is 11.0. The summed E-state index contributed by atoms with van der Waals surface area (Å²) >= 11 is 0. The van der Waals surface area contributed by atoms with Crippen molar-refractivity contribution in [1.82, 2.24) is 10.2 Å². The summed E-state index contributed by atoms with van der Waals surface area (Å²) < 4.78 is 0. The quantitative estimate of drug-likeness (QED) is 0.702. The van der Waals surface area contributed by atoms with Crippen molar-refractivity contribution in [3.8, 4) is 0 Å². The van der Waals surface area contributed by atoms with E-state index in [-0.39, 0.29) is 0 Å². The number of nitrogens with one attached hydrogen (secondary N) is 1. The lowest BCUT2D eigenvalue weighted by Crippen LogP contribution is -2.57. The summed E-state index contributed by atoms with van der Waals surface area (Å²) in [7, 11) is 0. The van der Waals surface area contributed by atoms with Crippen LogP contribution in [0.4, 0.5) is 0 Å². The van der Waals surface area contributed by atoms with E-state index in [1.54, 1.807) is 0 Å². The third-order valence-electron chi connectivity index (χ3n) is 3.23. The highest BCUT2D eigenvalue weighted by atomic mass is 15.3. The van der Waals surface area contributed by atoms with Crippen LogP contribution < -0.4 is 5.32 Å². The molecule has 1 heterocycles. The second-order valence-corrected chi connectivity index (χ2v) is 4.58. The SMILES string of the molecule is CCNC1CCN1CC(C)C(C)C. The molecule has 0 amide bonds. The Morgan fingerprint density at radius 2 is 2.08 bits per heavy atom. The molecule has 1 aliphatic rings. The highest BCUT2D eigenvalue weighted by Crippen LogP contribution is 2.19. The molecule has 1 fully saturated rings. The summed E-state index contributed by atoms with van der Waals surface area (Å²) in [5.41, 5.74) is 0. The molecular weight excluding hydrogens is 160 g/mol. The Bertz CT molecular complexity index is 145. The molecule has 1 saturated heterocycles. The van der Waals surface area contributed by atoms with Gasteiger partial charge in [0.1, 0.15) is 0 Å². The minimum absolute atomic E-state index is 0.672. The van der Waals surface area contributed by atoms with E-state index in [0.29, 0.717) is 6.17 Å². The fraction of sp³-hybridized carbons (Fsp3) is 1.00. The van der Waals surface area contributed by atoms with E-state index < -0.39 is 0 Å². The van der Waals surface area contributed by atoms with Crippen molar-refractivity contribution in [2.75, 3.05) is 19.6 Å². The zero-order valence-electron chi connectivity index (χ0n) is 9.51. The van der Waals surface area contributed by atoms with Gasteiger partial charge < -0.3 is 5.32 Å². The van der Waals surface area contributed by atoms with Crippen LogP contribution in [-0.2, 0) is 0 Å². The van der Waals surface area contributed by atoms with E-state index in [1.807, 2.05) is 0 Å². The highest BCUT2D eigenvalue weighted by Gasteiger charge is 2.28. The van der Waals surface area contributed by atoms with E-state index in [4.69, 9.17) is 0 Å². The number of hydrogen-bond donors (Lipinski definition) is 1. The maximum Gasteiger partial charge on any atom is 0.0609 e. The van der Waals surface area contributed by atoms with Crippen molar-refractivity contribution in [3.63, 3.8) is 0 Å². The first-order chi connectivity index (χ1) is 6.15. The van der Waals surface area contributed by atoms with Gasteiger partial charge in [0.25, 0.3) is 0 Å². The molecule has 2 nitrogen and oxygen atoms in total. The van der Waals surface area contributed by atoms with Crippen LogP contribution in [0.15, 0.2) is 0 Å². The average molecular weight is 184 g/mol. The van der Waals surface area contributed by atoms with E-state index in [9.17, 15) is 0 Å². The number of rotatable bonds is 5. The van der Waals surface area contributed by atoms with Gasteiger partial charge in [0.05, 0.1) is 6.17 Å². The Morgan fingerprint density at radius 3 is 2.46 bits per heavy atom. The Balaban J connectivity index is 2.21. The van der Waals surface area contributed by atoms with E-state index in [1.165, 1.54) is 19.5 Å². The van der Waals surface area contributed by atoms with Gasteiger partial charge in [0.2, 0.25) is 0 Å². The van der Waals surface area contributed by atoms with Crippen LogP contribution in [-0.4, -0.2) is 30.7 Å². The van der Waals surface area contributed by atoms with E-state index in [0.717, 1.165) is 18.4 Å². The van der Waals surface area contributed by atoms with Gasteiger partial charge in [-0.1, -0.05) is 27.7 Å². The fourth-order valence-electron chi connectivity index (χ4n) is 1.71. The van der Waals surface area contributed by atoms with Crippen molar-refractivity contribution < 1.29 is 0 Å². The molecule has 78 valence electrons. The van der Waals surface area contributed by atoms with Gasteiger partial charge in [0, 0.05) is 13.1 Å². The van der Waals surface area contributed by atoms with Crippen molar-refractivity contribution in [1.29, 1.82) is 0 Å². The van der Waals surface area contributed by atoms with Crippen molar-refractivity contribution in [3.05, 3.63) is 0 Å². The van der Waals surface area contributed by atoms with Gasteiger partial charge >= 0.3 is 0 Å². The molecule has 13 heavy (non-hydrogen) atoms. The molecule has 2 atom stereocenters. The minimum atomic E-state index is 0.672. The number of hydrogen-bond acceptors (Lipinski definition) is 2. The monoisotopic (exact) mass is 184 g/mol. The lowest BCUT2D eigenvalue weighted by molar-refractivity contribution is 0.0442. The predicted molar refractivity (Wildman–Crippen MR) is 57.7 cm³/mol. The van der Waals surface area contributed by atoms with Gasteiger partial charge in [-0.05, 0) is 24.8 Å². The zero-order valence-corrected chi connectivity index (χ0v) is 9.51. The first-order valence-corrected chi connectivity index (χ1v) is 5.62. The van der Waals surface area contributed by atoms with Crippen LogP contribution in [0.3, 0.4) is 0 Å². The summed E-state index contributed by atoms with van der Waals surface area (Å²) in [6.45, 7) is 12.8. The second kappa shape index (κ2) is 4.97. The van der Waals surface area contributed by atoms with E-state index in [2.05, 4.69) is 37.9 Å². The molecule has 0 radical (unpaired) electrons. The fourth-order valence-corrected chi connectivity index (χ4v) is 1.71. The second-order valence-electron chi connectivity index (χ2n) is 4.58. The molecule has 2 heteroatoms. The van der Waals surface area contributed by atoms with Crippen LogP contribution in [0.1, 0.15) is 34.1 Å². The topological polar surface area (TPSA) is 15.3 Å². The smallest absolute Gasteiger partial charge is 0.0609 e. The molecule has 0 bridgehead atoms. The van der Waals surface area contributed by atoms with Gasteiger partial charge in [0.15, 0.2) is 0 Å². The van der Waals surface area contributed by atoms with Gasteiger partial charge in [-0.3, -0.25) is 4.90 Å². The van der Waals surface area contributed by atoms with E-state index >= 15 is 0 Å². The standard InChI is InChI=1S/C11H24N2/c1-5-12-11-6-7-13(11)8-10(4)9(2)3/h9-12H,5-8H2,1-4H3. The summed E-state index contributed by atoms with van der Waals surface area (Å²) in [4.78, 5) is 2.56. The Kier molecular flexibility index (Phi) is 4.20. The van der Waals surface area contributed by atoms with Crippen molar-refractivity contribution in [2.45, 2.75) is 40.3 Å². The normalized spacial score (nSPS) is 26.1. The van der Waals surface area contributed by atoms with Crippen LogP contribution in [0, 0.1) is 11.8 Å². The van der Waals surface area contributed by atoms with Crippen molar-refractivity contribution >= 4 is 0 Å².